The summed E-state index contributed by atoms with van der Waals surface area (Å²) in [5.41, 5.74) is 1.55. The quantitative estimate of drug-likeness (QED) is 0.507. The number of fused-ring (bicyclic) bond motifs is 1. The third kappa shape index (κ3) is 3.53. The Morgan fingerprint density at radius 1 is 1.57 bits per heavy atom. The molecule has 6 nitrogen and oxygen atoms in total. The summed E-state index contributed by atoms with van der Waals surface area (Å²) >= 11 is 0. The molecule has 2 rings (SSSR count). The number of ether oxygens (including phenoxy) is 2. The van der Waals surface area contributed by atoms with Gasteiger partial charge in [-0.25, -0.2) is 0 Å². The molecule has 0 bridgehead atoms. The third-order valence-electron chi connectivity index (χ3n) is 2.96. The van der Waals surface area contributed by atoms with Crippen LogP contribution in [0.25, 0.3) is 0 Å². The van der Waals surface area contributed by atoms with Crippen molar-refractivity contribution in [2.24, 2.45) is 5.16 Å². The maximum absolute atomic E-state index is 11.9. The lowest BCUT2D eigenvalue weighted by atomic mass is 10.1. The molecule has 0 aliphatic carbocycles. The molecule has 6 heteroatoms. The number of oxime groups is 1. The highest BCUT2D eigenvalue weighted by molar-refractivity contribution is 5.99. The maximum Gasteiger partial charge on any atom is 0.264 e. The standard InChI is InChI=1S/C15H18N2O4/c1-4-7-16-15(18)14-9-20-12-6-5-11(8-13(12)21-14)10(2)17-19-3/h4-6,8,14H,1,7,9H2,2-3H3,(H,16,18). The molecule has 0 saturated carbocycles. The van der Waals surface area contributed by atoms with Crippen LogP contribution in [0.2, 0.25) is 0 Å². The number of carbonyl (C=O) groups is 1. The Morgan fingerprint density at radius 2 is 2.38 bits per heavy atom. The average molecular weight is 290 g/mol. The lowest BCUT2D eigenvalue weighted by Gasteiger charge is -2.26. The molecule has 0 aromatic heterocycles. The van der Waals surface area contributed by atoms with Gasteiger partial charge >= 0.3 is 0 Å². The zero-order chi connectivity index (χ0) is 15.2. The highest BCUT2D eigenvalue weighted by Crippen LogP contribution is 2.32. The lowest BCUT2D eigenvalue weighted by molar-refractivity contribution is -0.130. The van der Waals surface area contributed by atoms with Gasteiger partial charge in [0.15, 0.2) is 11.5 Å². The van der Waals surface area contributed by atoms with Gasteiger partial charge in [0.2, 0.25) is 6.10 Å². The largest absolute Gasteiger partial charge is 0.485 e. The number of benzene rings is 1. The van der Waals surface area contributed by atoms with Crippen molar-refractivity contribution < 1.29 is 19.1 Å². The summed E-state index contributed by atoms with van der Waals surface area (Å²) in [6.45, 7) is 5.95. The van der Waals surface area contributed by atoms with Crippen LogP contribution in [-0.2, 0) is 9.63 Å². The van der Waals surface area contributed by atoms with E-state index in [1.807, 2.05) is 13.0 Å². The van der Waals surface area contributed by atoms with Crippen molar-refractivity contribution in [2.45, 2.75) is 13.0 Å². The van der Waals surface area contributed by atoms with Crippen molar-refractivity contribution in [3.63, 3.8) is 0 Å². The monoisotopic (exact) mass is 290 g/mol. The van der Waals surface area contributed by atoms with Crippen LogP contribution in [0.15, 0.2) is 36.0 Å². The van der Waals surface area contributed by atoms with E-state index in [0.29, 0.717) is 23.8 Å². The molecule has 1 heterocycles. The molecule has 1 aromatic rings. The van der Waals surface area contributed by atoms with Crippen LogP contribution in [0.1, 0.15) is 12.5 Å². The highest BCUT2D eigenvalue weighted by Gasteiger charge is 2.27. The van der Waals surface area contributed by atoms with Crippen LogP contribution in [0.3, 0.4) is 0 Å². The fraction of sp³-hybridized carbons (Fsp3) is 0.333. The molecule has 1 amide bonds. The summed E-state index contributed by atoms with van der Waals surface area (Å²) in [7, 11) is 1.49. The molecule has 1 aliphatic rings. The number of amides is 1. The van der Waals surface area contributed by atoms with Gasteiger partial charge in [0, 0.05) is 12.1 Å². The zero-order valence-electron chi connectivity index (χ0n) is 12.1. The van der Waals surface area contributed by atoms with E-state index in [1.165, 1.54) is 7.11 Å². The van der Waals surface area contributed by atoms with Gasteiger partial charge in [-0.05, 0) is 25.1 Å². The Morgan fingerprint density at radius 3 is 3.10 bits per heavy atom. The molecule has 1 unspecified atom stereocenters. The fourth-order valence-electron chi connectivity index (χ4n) is 1.90. The Hall–Kier alpha value is -2.50. The Kier molecular flexibility index (Phi) is 4.81. The van der Waals surface area contributed by atoms with E-state index in [9.17, 15) is 4.79 Å². The molecule has 0 fully saturated rings. The van der Waals surface area contributed by atoms with Gasteiger partial charge in [0.1, 0.15) is 13.7 Å². The number of carbonyl (C=O) groups excluding carboxylic acids is 1. The number of rotatable bonds is 5. The predicted molar refractivity (Wildman–Crippen MR) is 78.8 cm³/mol. The van der Waals surface area contributed by atoms with Crippen molar-refractivity contribution in [1.82, 2.24) is 5.32 Å². The first kappa shape index (κ1) is 14.9. The molecule has 1 aliphatic heterocycles. The Labute approximate surface area is 123 Å². The molecule has 0 spiro atoms. The summed E-state index contributed by atoms with van der Waals surface area (Å²) in [6, 6.07) is 5.43. The van der Waals surface area contributed by atoms with E-state index in [4.69, 9.17) is 14.3 Å². The van der Waals surface area contributed by atoms with E-state index < -0.39 is 6.10 Å². The molecule has 112 valence electrons. The number of hydrogen-bond acceptors (Lipinski definition) is 5. The van der Waals surface area contributed by atoms with Crippen LogP contribution in [0, 0.1) is 0 Å². The van der Waals surface area contributed by atoms with Crippen molar-refractivity contribution in [3.05, 3.63) is 36.4 Å². The van der Waals surface area contributed by atoms with Crippen molar-refractivity contribution >= 4 is 11.6 Å². The SMILES string of the molecule is C=CCNC(=O)C1COc2ccc(C(C)=NOC)cc2O1. The summed E-state index contributed by atoms with van der Waals surface area (Å²) in [6.07, 6.45) is 0.936. The van der Waals surface area contributed by atoms with Gasteiger partial charge < -0.3 is 19.6 Å². The van der Waals surface area contributed by atoms with Gasteiger partial charge in [-0.3, -0.25) is 4.79 Å². The van der Waals surface area contributed by atoms with Gasteiger partial charge in [-0.1, -0.05) is 11.2 Å². The first-order chi connectivity index (χ1) is 10.2. The lowest BCUT2D eigenvalue weighted by Crippen LogP contribution is -2.44. The Bertz CT molecular complexity index is 569. The minimum atomic E-state index is -0.674. The first-order valence-corrected chi connectivity index (χ1v) is 6.56. The molecule has 0 saturated heterocycles. The fourth-order valence-corrected chi connectivity index (χ4v) is 1.90. The van der Waals surface area contributed by atoms with E-state index in [-0.39, 0.29) is 12.5 Å². The summed E-state index contributed by atoms with van der Waals surface area (Å²) in [5.74, 6) is 0.896. The van der Waals surface area contributed by atoms with Gasteiger partial charge in [-0.15, -0.1) is 6.58 Å². The molecule has 1 aromatic carbocycles. The zero-order valence-corrected chi connectivity index (χ0v) is 12.1. The average Bonchev–Trinajstić information content (AvgIpc) is 2.51. The number of nitrogens with one attached hydrogen (secondary N) is 1. The molecular formula is C15H18N2O4. The summed E-state index contributed by atoms with van der Waals surface area (Å²) < 4.78 is 11.2. The van der Waals surface area contributed by atoms with Crippen LogP contribution in [0.5, 0.6) is 11.5 Å². The predicted octanol–water partition coefficient (Wildman–Crippen LogP) is 1.50. The molecule has 1 N–H and O–H groups in total. The number of nitrogens with zero attached hydrogens (tertiary/aromatic N) is 1. The van der Waals surface area contributed by atoms with Crippen molar-refractivity contribution in [3.8, 4) is 11.5 Å². The molecular weight excluding hydrogens is 272 g/mol. The Balaban J connectivity index is 2.15. The van der Waals surface area contributed by atoms with Crippen molar-refractivity contribution in [2.75, 3.05) is 20.3 Å². The minimum Gasteiger partial charge on any atom is -0.485 e. The highest BCUT2D eigenvalue weighted by atomic mass is 16.6. The van der Waals surface area contributed by atoms with E-state index in [0.717, 1.165) is 5.56 Å². The summed E-state index contributed by atoms with van der Waals surface area (Å²) in [4.78, 5) is 16.6. The smallest absolute Gasteiger partial charge is 0.264 e. The summed E-state index contributed by atoms with van der Waals surface area (Å²) in [5, 5.41) is 6.55. The van der Waals surface area contributed by atoms with E-state index in [2.05, 4.69) is 17.1 Å². The normalized spacial score (nSPS) is 17.0. The minimum absolute atomic E-state index is 0.181. The van der Waals surface area contributed by atoms with Crippen LogP contribution < -0.4 is 14.8 Å². The molecule has 21 heavy (non-hydrogen) atoms. The van der Waals surface area contributed by atoms with E-state index >= 15 is 0 Å². The van der Waals surface area contributed by atoms with Crippen LogP contribution in [-0.4, -0.2) is 38.0 Å². The van der Waals surface area contributed by atoms with E-state index in [1.54, 1.807) is 18.2 Å². The second-order valence-corrected chi connectivity index (χ2v) is 4.47. The van der Waals surface area contributed by atoms with Gasteiger partial charge in [-0.2, -0.15) is 0 Å². The van der Waals surface area contributed by atoms with Crippen molar-refractivity contribution in [1.29, 1.82) is 0 Å². The number of hydrogen-bond donors (Lipinski definition) is 1. The third-order valence-corrected chi connectivity index (χ3v) is 2.96. The van der Waals surface area contributed by atoms with Crippen LogP contribution in [0.4, 0.5) is 0 Å². The van der Waals surface area contributed by atoms with Gasteiger partial charge in [0.25, 0.3) is 5.91 Å². The maximum atomic E-state index is 11.9. The van der Waals surface area contributed by atoms with Gasteiger partial charge in [0.05, 0.1) is 5.71 Å². The first-order valence-electron chi connectivity index (χ1n) is 6.56. The molecule has 1 atom stereocenters. The molecule has 0 radical (unpaired) electrons. The van der Waals surface area contributed by atoms with Crippen LogP contribution >= 0.6 is 0 Å². The topological polar surface area (TPSA) is 69.2 Å². The second-order valence-electron chi connectivity index (χ2n) is 4.47. The second kappa shape index (κ2) is 6.78.